The second kappa shape index (κ2) is 6.64. The van der Waals surface area contributed by atoms with E-state index in [9.17, 15) is 13.2 Å². The van der Waals surface area contributed by atoms with Crippen LogP contribution < -0.4 is 5.43 Å². The van der Waals surface area contributed by atoms with Gasteiger partial charge in [-0.2, -0.15) is 14.2 Å². The van der Waals surface area contributed by atoms with Gasteiger partial charge in [-0.15, -0.1) is 0 Å². The van der Waals surface area contributed by atoms with Crippen LogP contribution in [0.4, 0.5) is 0 Å². The van der Waals surface area contributed by atoms with Gasteiger partial charge in [-0.1, -0.05) is 42.5 Å². The molecule has 0 aliphatic carbocycles. The maximum absolute atomic E-state index is 12.5. The average molecular weight is 382 g/mol. The summed E-state index contributed by atoms with van der Waals surface area (Å²) in [5.41, 5.74) is 6.78. The van der Waals surface area contributed by atoms with Crippen molar-refractivity contribution >= 4 is 15.9 Å². The van der Waals surface area contributed by atoms with Gasteiger partial charge in [0.25, 0.3) is 5.91 Å². The molecular weight excluding hydrogens is 364 g/mol. The van der Waals surface area contributed by atoms with E-state index in [0.717, 1.165) is 16.7 Å². The zero-order valence-electron chi connectivity index (χ0n) is 14.7. The molecule has 1 aliphatic rings. The molecule has 0 unspecified atom stereocenters. The number of fused-ring (bicyclic) bond motifs is 1. The Morgan fingerprint density at radius 2 is 1.67 bits per heavy atom. The predicted molar refractivity (Wildman–Crippen MR) is 102 cm³/mol. The Bertz CT molecular complexity index is 1090. The van der Waals surface area contributed by atoms with Gasteiger partial charge >= 0.3 is 0 Å². The summed E-state index contributed by atoms with van der Waals surface area (Å²) in [5, 5.41) is 4.15. The number of sulfonamides is 1. The Labute approximate surface area is 157 Å². The molecule has 8 heteroatoms. The maximum atomic E-state index is 12.5. The summed E-state index contributed by atoms with van der Waals surface area (Å²) in [5.74, 6) is -0.307. The SMILES string of the molecule is CS(=O)(=O)N1Cc2cnn(NC(=O)c3ccc(-c4ccccc4)cc3)c2C1. The monoisotopic (exact) mass is 382 g/mol. The number of amides is 1. The van der Waals surface area contributed by atoms with Crippen LogP contribution in [-0.4, -0.2) is 34.8 Å². The van der Waals surface area contributed by atoms with Gasteiger partial charge in [-0.25, -0.2) is 13.8 Å². The Morgan fingerprint density at radius 3 is 2.33 bits per heavy atom. The summed E-state index contributed by atoms with van der Waals surface area (Å²) < 4.78 is 24.8. The van der Waals surface area contributed by atoms with Crippen molar-refractivity contribution in [3.05, 3.63) is 77.6 Å². The molecule has 0 spiro atoms. The van der Waals surface area contributed by atoms with Crippen LogP contribution in [0, 0.1) is 0 Å². The lowest BCUT2D eigenvalue weighted by atomic mass is 10.0. The Balaban J connectivity index is 1.50. The van der Waals surface area contributed by atoms with Gasteiger partial charge in [0.1, 0.15) is 0 Å². The Kier molecular flexibility index (Phi) is 4.29. The standard InChI is InChI=1S/C19H18N4O3S/c1-27(25,26)22-12-17-11-20-23(18(17)13-22)21-19(24)16-9-7-15(8-10-16)14-5-3-2-4-6-14/h2-11H,12-13H2,1H3,(H,21,24). The summed E-state index contributed by atoms with van der Waals surface area (Å²) in [6, 6.07) is 17.2. The second-order valence-corrected chi connectivity index (χ2v) is 8.43. The normalized spacial score (nSPS) is 14.1. The minimum absolute atomic E-state index is 0.196. The van der Waals surface area contributed by atoms with Crippen molar-refractivity contribution in [3.8, 4) is 11.1 Å². The van der Waals surface area contributed by atoms with Crippen LogP contribution in [0.1, 0.15) is 21.6 Å². The van der Waals surface area contributed by atoms with E-state index < -0.39 is 10.0 Å². The molecule has 2 aromatic carbocycles. The van der Waals surface area contributed by atoms with E-state index in [1.165, 1.54) is 15.4 Å². The number of benzene rings is 2. The third-order valence-corrected chi connectivity index (χ3v) is 5.76. The zero-order valence-corrected chi connectivity index (χ0v) is 15.5. The Morgan fingerprint density at radius 1 is 1.00 bits per heavy atom. The first kappa shape index (κ1) is 17.4. The predicted octanol–water partition coefficient (Wildman–Crippen LogP) is 2.21. The van der Waals surface area contributed by atoms with Crippen LogP contribution in [-0.2, 0) is 23.1 Å². The first-order valence-corrected chi connectivity index (χ1v) is 10.2. The molecule has 138 valence electrons. The number of nitrogens with zero attached hydrogens (tertiary/aromatic N) is 3. The molecule has 27 heavy (non-hydrogen) atoms. The van der Waals surface area contributed by atoms with E-state index in [2.05, 4.69) is 10.5 Å². The van der Waals surface area contributed by atoms with E-state index in [1.54, 1.807) is 18.3 Å². The van der Waals surface area contributed by atoms with Gasteiger partial charge in [0.2, 0.25) is 10.0 Å². The molecule has 1 N–H and O–H groups in total. The molecule has 0 fully saturated rings. The summed E-state index contributed by atoms with van der Waals surface area (Å²) in [6.07, 6.45) is 2.75. The maximum Gasteiger partial charge on any atom is 0.271 e. The summed E-state index contributed by atoms with van der Waals surface area (Å²) in [7, 11) is -3.29. The third kappa shape index (κ3) is 3.49. The third-order valence-electron chi connectivity index (χ3n) is 4.56. The number of aromatic nitrogens is 2. The molecular formula is C19H18N4O3S. The average Bonchev–Trinajstić information content (AvgIpc) is 3.25. The van der Waals surface area contributed by atoms with E-state index in [1.807, 2.05) is 42.5 Å². The Hall–Kier alpha value is -2.97. The van der Waals surface area contributed by atoms with E-state index in [4.69, 9.17) is 0 Å². The molecule has 0 bridgehead atoms. The van der Waals surface area contributed by atoms with Crippen molar-refractivity contribution in [2.45, 2.75) is 13.1 Å². The number of nitrogens with one attached hydrogen (secondary N) is 1. The first-order chi connectivity index (χ1) is 12.9. The van der Waals surface area contributed by atoms with Crippen molar-refractivity contribution in [1.82, 2.24) is 14.2 Å². The number of carbonyl (C=O) groups excluding carboxylic acids is 1. The fourth-order valence-electron chi connectivity index (χ4n) is 3.06. The lowest BCUT2D eigenvalue weighted by molar-refractivity contribution is 0.100. The highest BCUT2D eigenvalue weighted by Crippen LogP contribution is 2.24. The fraction of sp³-hybridized carbons (Fsp3) is 0.158. The van der Waals surface area contributed by atoms with Gasteiger partial charge in [-0.05, 0) is 23.3 Å². The number of hydrogen-bond donors (Lipinski definition) is 1. The minimum atomic E-state index is -3.29. The molecule has 0 saturated heterocycles. The van der Waals surface area contributed by atoms with Crippen molar-refractivity contribution in [2.24, 2.45) is 0 Å². The molecule has 2 heterocycles. The number of carbonyl (C=O) groups is 1. The van der Waals surface area contributed by atoms with E-state index in [-0.39, 0.29) is 19.0 Å². The summed E-state index contributed by atoms with van der Waals surface area (Å²) >= 11 is 0. The van der Waals surface area contributed by atoms with Crippen molar-refractivity contribution < 1.29 is 13.2 Å². The van der Waals surface area contributed by atoms with Gasteiger partial charge < -0.3 is 0 Å². The summed E-state index contributed by atoms with van der Waals surface area (Å²) in [6.45, 7) is 0.469. The van der Waals surface area contributed by atoms with Gasteiger partial charge in [-0.3, -0.25) is 4.79 Å². The van der Waals surface area contributed by atoms with Crippen LogP contribution in [0.5, 0.6) is 0 Å². The quantitative estimate of drug-likeness (QED) is 0.750. The smallest absolute Gasteiger partial charge is 0.267 e. The van der Waals surface area contributed by atoms with E-state index in [0.29, 0.717) is 11.3 Å². The number of hydrogen-bond acceptors (Lipinski definition) is 4. The molecule has 1 aliphatic heterocycles. The van der Waals surface area contributed by atoms with Crippen molar-refractivity contribution in [3.63, 3.8) is 0 Å². The van der Waals surface area contributed by atoms with Gasteiger partial charge in [0, 0.05) is 17.7 Å². The molecule has 1 amide bonds. The van der Waals surface area contributed by atoms with Crippen molar-refractivity contribution in [1.29, 1.82) is 0 Å². The molecule has 3 aromatic rings. The molecule has 1 aromatic heterocycles. The molecule has 0 saturated carbocycles. The van der Waals surface area contributed by atoms with Gasteiger partial charge in [0.05, 0.1) is 24.7 Å². The zero-order chi connectivity index (χ0) is 19.0. The number of rotatable bonds is 4. The van der Waals surface area contributed by atoms with Crippen LogP contribution in [0.25, 0.3) is 11.1 Å². The van der Waals surface area contributed by atoms with Crippen molar-refractivity contribution in [2.75, 3.05) is 11.7 Å². The van der Waals surface area contributed by atoms with Crippen LogP contribution >= 0.6 is 0 Å². The van der Waals surface area contributed by atoms with Crippen LogP contribution in [0.3, 0.4) is 0 Å². The molecule has 0 radical (unpaired) electrons. The minimum Gasteiger partial charge on any atom is -0.267 e. The topological polar surface area (TPSA) is 84.3 Å². The fourth-order valence-corrected chi connectivity index (χ4v) is 3.79. The lowest BCUT2D eigenvalue weighted by Crippen LogP contribution is -2.28. The second-order valence-electron chi connectivity index (χ2n) is 6.44. The highest BCUT2D eigenvalue weighted by molar-refractivity contribution is 7.88. The largest absolute Gasteiger partial charge is 0.271 e. The summed E-state index contributed by atoms with van der Waals surface area (Å²) in [4.78, 5) is 13.9. The van der Waals surface area contributed by atoms with Gasteiger partial charge in [0.15, 0.2) is 0 Å². The molecule has 4 rings (SSSR count). The molecule has 0 atom stereocenters. The first-order valence-electron chi connectivity index (χ1n) is 8.39. The van der Waals surface area contributed by atoms with Crippen LogP contribution in [0.2, 0.25) is 0 Å². The van der Waals surface area contributed by atoms with Crippen LogP contribution in [0.15, 0.2) is 60.8 Å². The molecule has 7 nitrogen and oxygen atoms in total. The lowest BCUT2D eigenvalue weighted by Gasteiger charge is -2.13. The highest BCUT2D eigenvalue weighted by atomic mass is 32.2. The highest BCUT2D eigenvalue weighted by Gasteiger charge is 2.30. The van der Waals surface area contributed by atoms with E-state index >= 15 is 0 Å².